The maximum absolute atomic E-state index is 5.05. The highest BCUT2D eigenvalue weighted by atomic mass is 14.8. The van der Waals surface area contributed by atoms with E-state index in [4.69, 9.17) is 4.98 Å². The molecule has 0 atom stereocenters. The van der Waals surface area contributed by atoms with E-state index in [0.717, 1.165) is 22.6 Å². The molecule has 276 valence electrons. The van der Waals surface area contributed by atoms with Crippen LogP contribution in [0.5, 0.6) is 0 Å². The van der Waals surface area contributed by atoms with Gasteiger partial charge < -0.3 is 0 Å². The minimum atomic E-state index is 0.873. The molecule has 0 amide bonds. The van der Waals surface area contributed by atoms with Gasteiger partial charge in [-0.2, -0.15) is 0 Å². The maximum Gasteiger partial charge on any atom is 0.0893 e. The number of hydrogen-bond donors (Lipinski definition) is 0. The van der Waals surface area contributed by atoms with Crippen molar-refractivity contribution in [3.63, 3.8) is 0 Å². The Hall–Kier alpha value is -7.94. The molecule has 13 rings (SSSR count). The Morgan fingerprint density at radius 2 is 0.733 bits per heavy atom. The van der Waals surface area contributed by atoms with Crippen LogP contribution in [0.15, 0.2) is 206 Å². The Balaban J connectivity index is 1.01. The van der Waals surface area contributed by atoms with Crippen LogP contribution >= 0.6 is 0 Å². The van der Waals surface area contributed by atoms with Gasteiger partial charge in [-0.15, -0.1) is 0 Å². The molecule has 2 heterocycles. The normalized spacial score (nSPS) is 12.0. The zero-order valence-corrected chi connectivity index (χ0v) is 32.5. The third-order valence-electron chi connectivity index (χ3n) is 12.8. The molecule has 0 fully saturated rings. The number of pyridine rings is 2. The van der Waals surface area contributed by atoms with Gasteiger partial charge in [0.2, 0.25) is 0 Å². The van der Waals surface area contributed by atoms with Crippen molar-refractivity contribution in [2.75, 3.05) is 0 Å². The summed E-state index contributed by atoms with van der Waals surface area (Å²) in [4.78, 5) is 9.60. The lowest BCUT2D eigenvalue weighted by Crippen LogP contribution is -1.93. The maximum atomic E-state index is 5.05. The Bertz CT molecular complexity index is 3480. The van der Waals surface area contributed by atoms with Crippen LogP contribution in [0.1, 0.15) is 0 Å². The largest absolute Gasteiger partial charge is 0.255 e. The van der Waals surface area contributed by atoms with Gasteiger partial charge in [-0.05, 0) is 141 Å². The number of nitrogens with zero attached hydrogens (tertiary/aromatic N) is 2. The van der Waals surface area contributed by atoms with Crippen LogP contribution in [0, 0.1) is 0 Å². The van der Waals surface area contributed by atoms with Crippen molar-refractivity contribution < 1.29 is 0 Å². The summed E-state index contributed by atoms with van der Waals surface area (Å²) in [6.45, 7) is 0. The lowest BCUT2D eigenvalue weighted by molar-refractivity contribution is 1.25. The van der Waals surface area contributed by atoms with Gasteiger partial charge in [0.25, 0.3) is 0 Å². The van der Waals surface area contributed by atoms with E-state index in [2.05, 4.69) is 181 Å². The molecule has 0 saturated carbocycles. The Kier molecular flexibility index (Phi) is 7.05. The summed E-state index contributed by atoms with van der Waals surface area (Å²) in [6.07, 6.45) is 1.82. The molecule has 11 aromatic rings. The molecule has 2 nitrogen and oxygen atoms in total. The number of hydrogen-bond acceptors (Lipinski definition) is 2. The van der Waals surface area contributed by atoms with Crippen molar-refractivity contribution in [3.05, 3.63) is 206 Å². The van der Waals surface area contributed by atoms with Gasteiger partial charge >= 0.3 is 0 Å². The van der Waals surface area contributed by atoms with Gasteiger partial charge in [0.15, 0.2) is 0 Å². The summed E-state index contributed by atoms with van der Waals surface area (Å²) in [6, 6.07) is 73.2. The molecule has 0 saturated heterocycles. The van der Waals surface area contributed by atoms with Gasteiger partial charge in [-0.25, -0.2) is 4.98 Å². The summed E-state index contributed by atoms with van der Waals surface area (Å²) >= 11 is 0. The molecule has 9 aromatic carbocycles. The standard InChI is InChI=1S/C58H34N2/c1-3-14-35(15-4-1)53-43-18-7-8-19-44(43)54(36-16-5-2-6-17-36)58-48-32-30-39(42-21-12-23-47(56(42)48)57(53)58)38-29-31-46-40-28-27-37(34-49(40)45-22-11-20-41(38)55(45)46)50-25-13-26-52(60-50)51-24-9-10-33-59-51/h1-34H. The molecule has 0 aliphatic heterocycles. The van der Waals surface area contributed by atoms with E-state index < -0.39 is 0 Å². The Morgan fingerprint density at radius 3 is 1.40 bits per heavy atom. The summed E-state index contributed by atoms with van der Waals surface area (Å²) in [5.41, 5.74) is 21.7. The van der Waals surface area contributed by atoms with Crippen LogP contribution in [0.2, 0.25) is 0 Å². The van der Waals surface area contributed by atoms with Gasteiger partial charge in [-0.1, -0.05) is 170 Å². The second kappa shape index (κ2) is 12.8. The Labute approximate surface area is 347 Å². The van der Waals surface area contributed by atoms with E-state index >= 15 is 0 Å². The van der Waals surface area contributed by atoms with Crippen molar-refractivity contribution in [3.8, 4) is 101 Å². The third-order valence-corrected chi connectivity index (χ3v) is 12.8. The number of aromatic nitrogens is 2. The van der Waals surface area contributed by atoms with Crippen molar-refractivity contribution >= 4 is 32.3 Å². The summed E-state index contributed by atoms with van der Waals surface area (Å²) in [7, 11) is 0. The summed E-state index contributed by atoms with van der Waals surface area (Å²) in [5, 5.41) is 7.74. The first-order chi connectivity index (χ1) is 29.8. The molecular formula is C58H34N2. The fourth-order valence-electron chi connectivity index (χ4n) is 10.3. The fourth-order valence-corrected chi connectivity index (χ4v) is 10.3. The quantitative estimate of drug-likeness (QED) is 0.175. The minimum absolute atomic E-state index is 0.873. The highest BCUT2D eigenvalue weighted by Gasteiger charge is 2.32. The Morgan fingerprint density at radius 1 is 0.250 bits per heavy atom. The lowest BCUT2D eigenvalue weighted by Gasteiger charge is -2.20. The van der Waals surface area contributed by atoms with Crippen LogP contribution in [0.3, 0.4) is 0 Å². The monoisotopic (exact) mass is 758 g/mol. The highest BCUT2D eigenvalue weighted by molar-refractivity contribution is 6.30. The smallest absolute Gasteiger partial charge is 0.0893 e. The van der Waals surface area contributed by atoms with Crippen LogP contribution < -0.4 is 0 Å². The van der Waals surface area contributed by atoms with Gasteiger partial charge in [0, 0.05) is 11.8 Å². The lowest BCUT2D eigenvalue weighted by atomic mass is 9.82. The van der Waals surface area contributed by atoms with Crippen molar-refractivity contribution in [1.82, 2.24) is 9.97 Å². The second-order valence-electron chi connectivity index (χ2n) is 15.9. The van der Waals surface area contributed by atoms with Crippen LogP contribution in [0.4, 0.5) is 0 Å². The molecule has 0 bridgehead atoms. The topological polar surface area (TPSA) is 25.8 Å². The van der Waals surface area contributed by atoms with Gasteiger partial charge in [0.05, 0.1) is 17.1 Å². The third kappa shape index (κ3) is 4.70. The zero-order chi connectivity index (χ0) is 39.3. The first-order valence-electron chi connectivity index (χ1n) is 20.7. The number of rotatable bonds is 5. The second-order valence-corrected chi connectivity index (χ2v) is 15.9. The molecule has 0 radical (unpaired) electrons. The summed E-state index contributed by atoms with van der Waals surface area (Å²) in [5.74, 6) is 0. The van der Waals surface area contributed by atoms with E-state index in [-0.39, 0.29) is 0 Å². The van der Waals surface area contributed by atoms with E-state index in [9.17, 15) is 0 Å². The SMILES string of the molecule is c1ccc(-c2c3c(c(-c4ccccc4)c4ccccc24)-c2ccc(-c4ccc5c6c(cccc46)-c4cc(-c6cccc(-c7ccccn7)n6)ccc4-5)c4cccc-3c24)cc1. The average Bonchev–Trinajstić information content (AvgIpc) is 3.83. The molecule has 0 spiro atoms. The van der Waals surface area contributed by atoms with Crippen LogP contribution in [-0.4, -0.2) is 9.97 Å². The predicted molar refractivity (Wildman–Crippen MR) is 251 cm³/mol. The summed E-state index contributed by atoms with van der Waals surface area (Å²) < 4.78 is 0. The van der Waals surface area contributed by atoms with Crippen LogP contribution in [-0.2, 0) is 0 Å². The van der Waals surface area contributed by atoms with E-state index in [0.29, 0.717) is 0 Å². The average molecular weight is 759 g/mol. The van der Waals surface area contributed by atoms with Crippen molar-refractivity contribution in [1.29, 1.82) is 0 Å². The number of fused-ring (bicyclic) bond motifs is 7. The molecule has 2 heteroatoms. The van der Waals surface area contributed by atoms with Crippen molar-refractivity contribution in [2.24, 2.45) is 0 Å². The minimum Gasteiger partial charge on any atom is -0.255 e. The van der Waals surface area contributed by atoms with Crippen LogP contribution in [0.25, 0.3) is 133 Å². The van der Waals surface area contributed by atoms with E-state index in [1.54, 1.807) is 0 Å². The van der Waals surface area contributed by atoms with Crippen molar-refractivity contribution in [2.45, 2.75) is 0 Å². The molecule has 0 N–H and O–H groups in total. The first kappa shape index (κ1) is 33.1. The first-order valence-corrected chi connectivity index (χ1v) is 20.7. The predicted octanol–water partition coefficient (Wildman–Crippen LogP) is 15.6. The highest BCUT2D eigenvalue weighted by Crippen LogP contribution is 2.59. The molecule has 2 aromatic heterocycles. The van der Waals surface area contributed by atoms with Gasteiger partial charge in [0.1, 0.15) is 0 Å². The molecule has 2 aliphatic rings. The number of benzene rings is 9. The molecule has 60 heavy (non-hydrogen) atoms. The van der Waals surface area contributed by atoms with Gasteiger partial charge in [-0.3, -0.25) is 4.98 Å². The molecular weight excluding hydrogens is 725 g/mol. The fraction of sp³-hybridized carbons (Fsp3) is 0. The van der Waals surface area contributed by atoms with E-state index in [1.807, 2.05) is 30.5 Å². The van der Waals surface area contributed by atoms with E-state index in [1.165, 1.54) is 110 Å². The molecule has 2 aliphatic carbocycles. The molecule has 0 unspecified atom stereocenters. The zero-order valence-electron chi connectivity index (χ0n) is 32.5.